The molecule has 2 aromatic heterocycles. The van der Waals surface area contributed by atoms with Gasteiger partial charge in [0.15, 0.2) is 0 Å². The van der Waals surface area contributed by atoms with Crippen LogP contribution in [-0.2, 0) is 21.9 Å². The van der Waals surface area contributed by atoms with Crippen molar-refractivity contribution in [1.82, 2.24) is 24.8 Å². The largest absolute Gasteiger partial charge is 0.349 e. The fraction of sp³-hybridized carbons (Fsp3) is 0.409. The molecule has 3 aromatic rings. The summed E-state index contributed by atoms with van der Waals surface area (Å²) in [6.45, 7) is 1.94. The van der Waals surface area contributed by atoms with E-state index < -0.39 is 10.0 Å². The molecule has 0 saturated heterocycles. The number of aryl methyl sites for hydroxylation is 1. The molecule has 2 N–H and O–H groups in total. The third-order valence-corrected chi connectivity index (χ3v) is 7.37. The topological polar surface area (TPSA) is 106 Å². The molecular weight excluding hydrogens is 414 g/mol. The standard InChI is InChI=1S/C22H27N5O3S/c1-15(18-12-24-27(2)14-18)25-22(28)16-7-9-19(10-8-16)26-31(29,30)20-11-17-5-3-4-6-21(17)23-13-20/h3-6,11-16,19,26H,7-10H2,1-2H3,(H,25,28). The van der Waals surface area contributed by atoms with Gasteiger partial charge in [0, 0.05) is 42.4 Å². The molecule has 1 fully saturated rings. The molecule has 1 atom stereocenters. The van der Waals surface area contributed by atoms with Gasteiger partial charge in [0.25, 0.3) is 0 Å². The van der Waals surface area contributed by atoms with Crippen LogP contribution >= 0.6 is 0 Å². The lowest BCUT2D eigenvalue weighted by Crippen LogP contribution is -2.41. The zero-order valence-corrected chi connectivity index (χ0v) is 18.5. The Hall–Kier alpha value is -2.78. The van der Waals surface area contributed by atoms with E-state index >= 15 is 0 Å². The maximum atomic E-state index is 12.8. The predicted octanol–water partition coefficient (Wildman–Crippen LogP) is 2.68. The Labute approximate surface area is 182 Å². The van der Waals surface area contributed by atoms with Crippen LogP contribution in [0.1, 0.15) is 44.2 Å². The fourth-order valence-electron chi connectivity index (χ4n) is 4.04. The molecule has 2 heterocycles. The molecule has 0 bridgehead atoms. The lowest BCUT2D eigenvalue weighted by Gasteiger charge is -2.29. The molecule has 1 amide bonds. The second-order valence-corrected chi connectivity index (χ2v) is 9.93. The zero-order chi connectivity index (χ0) is 22.0. The number of rotatable bonds is 6. The molecule has 1 aromatic carbocycles. The average Bonchev–Trinajstić information content (AvgIpc) is 3.20. The predicted molar refractivity (Wildman–Crippen MR) is 118 cm³/mol. The first-order valence-electron chi connectivity index (χ1n) is 10.5. The van der Waals surface area contributed by atoms with E-state index in [2.05, 4.69) is 20.1 Å². The van der Waals surface area contributed by atoms with Crippen LogP contribution in [0.5, 0.6) is 0 Å². The maximum Gasteiger partial charge on any atom is 0.242 e. The van der Waals surface area contributed by atoms with E-state index in [4.69, 9.17) is 0 Å². The van der Waals surface area contributed by atoms with E-state index in [1.807, 2.05) is 44.4 Å². The van der Waals surface area contributed by atoms with Gasteiger partial charge < -0.3 is 5.32 Å². The Morgan fingerprint density at radius 3 is 2.61 bits per heavy atom. The van der Waals surface area contributed by atoms with Crippen molar-refractivity contribution in [2.24, 2.45) is 13.0 Å². The number of benzene rings is 1. The summed E-state index contributed by atoms with van der Waals surface area (Å²) in [6, 6.07) is 8.76. The summed E-state index contributed by atoms with van der Waals surface area (Å²) in [5, 5.41) is 7.97. The number of carbonyl (C=O) groups is 1. The van der Waals surface area contributed by atoms with Crippen molar-refractivity contribution in [3.05, 3.63) is 54.5 Å². The number of para-hydroxylation sites is 1. The van der Waals surface area contributed by atoms with Crippen molar-refractivity contribution in [3.63, 3.8) is 0 Å². The third-order valence-electron chi connectivity index (χ3n) is 5.88. The van der Waals surface area contributed by atoms with Crippen molar-refractivity contribution in [3.8, 4) is 0 Å². The first kappa shape index (κ1) is 21.5. The summed E-state index contributed by atoms with van der Waals surface area (Å²) in [4.78, 5) is 17.1. The van der Waals surface area contributed by atoms with Crippen LogP contribution in [0.25, 0.3) is 10.9 Å². The molecule has 164 valence electrons. The highest BCUT2D eigenvalue weighted by atomic mass is 32.2. The minimum atomic E-state index is -3.66. The number of hydrogen-bond acceptors (Lipinski definition) is 5. The molecule has 0 aliphatic heterocycles. The van der Waals surface area contributed by atoms with Gasteiger partial charge in [0.2, 0.25) is 15.9 Å². The molecule has 1 aliphatic rings. The second kappa shape index (κ2) is 8.76. The summed E-state index contributed by atoms with van der Waals surface area (Å²) in [7, 11) is -1.82. The Morgan fingerprint density at radius 2 is 1.90 bits per heavy atom. The molecular formula is C22H27N5O3S. The molecule has 0 radical (unpaired) electrons. The van der Waals surface area contributed by atoms with Gasteiger partial charge in [0.05, 0.1) is 17.8 Å². The molecule has 1 unspecified atom stereocenters. The van der Waals surface area contributed by atoms with Crippen LogP contribution < -0.4 is 10.0 Å². The van der Waals surface area contributed by atoms with E-state index in [1.54, 1.807) is 16.9 Å². The van der Waals surface area contributed by atoms with Gasteiger partial charge in [-0.05, 0) is 44.7 Å². The van der Waals surface area contributed by atoms with Gasteiger partial charge in [-0.3, -0.25) is 14.5 Å². The minimum absolute atomic E-state index is 0.0105. The zero-order valence-electron chi connectivity index (χ0n) is 17.7. The van der Waals surface area contributed by atoms with Gasteiger partial charge in [-0.1, -0.05) is 18.2 Å². The SMILES string of the molecule is CC(NC(=O)C1CCC(NS(=O)(=O)c2cnc3ccccc3c2)CC1)c1cnn(C)c1. The number of nitrogens with one attached hydrogen (secondary N) is 2. The highest BCUT2D eigenvalue weighted by Gasteiger charge is 2.30. The van der Waals surface area contributed by atoms with Gasteiger partial charge in [-0.15, -0.1) is 0 Å². The van der Waals surface area contributed by atoms with E-state index in [1.165, 1.54) is 6.20 Å². The van der Waals surface area contributed by atoms with Crippen LogP contribution in [0.3, 0.4) is 0 Å². The van der Waals surface area contributed by atoms with Crippen molar-refractivity contribution < 1.29 is 13.2 Å². The molecule has 1 saturated carbocycles. The monoisotopic (exact) mass is 441 g/mol. The number of fused-ring (bicyclic) bond motifs is 1. The summed E-state index contributed by atoms with van der Waals surface area (Å²) >= 11 is 0. The lowest BCUT2D eigenvalue weighted by molar-refractivity contribution is -0.126. The summed E-state index contributed by atoms with van der Waals surface area (Å²) in [6.07, 6.45) is 7.57. The first-order valence-corrected chi connectivity index (χ1v) is 12.0. The van der Waals surface area contributed by atoms with E-state index in [0.717, 1.165) is 16.5 Å². The highest BCUT2D eigenvalue weighted by Crippen LogP contribution is 2.27. The van der Waals surface area contributed by atoms with E-state index in [9.17, 15) is 13.2 Å². The Morgan fingerprint density at radius 1 is 1.16 bits per heavy atom. The van der Waals surface area contributed by atoms with Crippen LogP contribution in [0.15, 0.2) is 53.8 Å². The quantitative estimate of drug-likeness (QED) is 0.612. The number of pyridine rings is 1. The smallest absolute Gasteiger partial charge is 0.242 e. The fourth-order valence-corrected chi connectivity index (χ4v) is 5.32. The Balaban J connectivity index is 1.33. The van der Waals surface area contributed by atoms with Crippen LogP contribution in [-0.4, -0.2) is 35.1 Å². The Bertz CT molecular complexity index is 1180. The molecule has 8 nitrogen and oxygen atoms in total. The van der Waals surface area contributed by atoms with Crippen LogP contribution in [0.2, 0.25) is 0 Å². The highest BCUT2D eigenvalue weighted by molar-refractivity contribution is 7.89. The van der Waals surface area contributed by atoms with Crippen molar-refractivity contribution in [2.75, 3.05) is 0 Å². The van der Waals surface area contributed by atoms with Gasteiger partial charge in [-0.2, -0.15) is 5.10 Å². The molecule has 1 aliphatic carbocycles. The molecule has 9 heteroatoms. The number of sulfonamides is 1. The third kappa shape index (κ3) is 4.94. The van der Waals surface area contributed by atoms with Gasteiger partial charge in [-0.25, -0.2) is 13.1 Å². The maximum absolute atomic E-state index is 12.8. The number of nitrogens with zero attached hydrogens (tertiary/aromatic N) is 3. The average molecular weight is 442 g/mol. The van der Waals surface area contributed by atoms with Crippen molar-refractivity contribution >= 4 is 26.8 Å². The van der Waals surface area contributed by atoms with Gasteiger partial charge >= 0.3 is 0 Å². The first-order chi connectivity index (χ1) is 14.8. The van der Waals surface area contributed by atoms with Crippen molar-refractivity contribution in [2.45, 2.75) is 49.6 Å². The number of hydrogen-bond donors (Lipinski definition) is 2. The summed E-state index contributed by atoms with van der Waals surface area (Å²) in [5.74, 6) is -0.0985. The minimum Gasteiger partial charge on any atom is -0.349 e. The summed E-state index contributed by atoms with van der Waals surface area (Å²) in [5.41, 5.74) is 1.72. The number of aromatic nitrogens is 3. The van der Waals surface area contributed by atoms with Crippen molar-refractivity contribution in [1.29, 1.82) is 0 Å². The summed E-state index contributed by atoms with van der Waals surface area (Å²) < 4.78 is 30.2. The molecule has 31 heavy (non-hydrogen) atoms. The number of carbonyl (C=O) groups excluding carboxylic acids is 1. The Kier molecular flexibility index (Phi) is 6.06. The van der Waals surface area contributed by atoms with E-state index in [0.29, 0.717) is 25.7 Å². The lowest BCUT2D eigenvalue weighted by atomic mass is 9.85. The normalized spacial score (nSPS) is 20.5. The van der Waals surface area contributed by atoms with Crippen LogP contribution in [0.4, 0.5) is 0 Å². The number of amides is 1. The molecule has 0 spiro atoms. The van der Waals surface area contributed by atoms with Gasteiger partial charge in [0.1, 0.15) is 4.90 Å². The second-order valence-electron chi connectivity index (χ2n) is 8.21. The molecule has 4 rings (SSSR count). The van der Waals surface area contributed by atoms with Crippen LogP contribution in [0, 0.1) is 5.92 Å². The van der Waals surface area contributed by atoms with E-state index in [-0.39, 0.29) is 28.8 Å².